The summed E-state index contributed by atoms with van der Waals surface area (Å²) in [6.45, 7) is 3.77. The summed E-state index contributed by atoms with van der Waals surface area (Å²) < 4.78 is 0. The lowest BCUT2D eigenvalue weighted by Crippen LogP contribution is -2.14. The average Bonchev–Trinajstić information content (AvgIpc) is 2.78. The Hall–Kier alpha value is -1.79. The minimum absolute atomic E-state index is 0.159. The van der Waals surface area contributed by atoms with E-state index in [0.29, 0.717) is 11.5 Å². The molecule has 2 heterocycles. The Kier molecular flexibility index (Phi) is 3.69. The Balaban J connectivity index is 2.12. The van der Waals surface area contributed by atoms with Crippen LogP contribution in [0.15, 0.2) is 23.7 Å². The summed E-state index contributed by atoms with van der Waals surface area (Å²) in [5.74, 6) is 0.256. The molecular formula is C12H14N4OS. The second-order valence-electron chi connectivity index (χ2n) is 4.03. The molecule has 0 aliphatic rings. The molecular weight excluding hydrogens is 248 g/mol. The largest absolute Gasteiger partial charge is 0.322 e. The third-order valence-corrected chi connectivity index (χ3v) is 3.35. The maximum atomic E-state index is 11.9. The number of rotatable bonds is 3. The lowest BCUT2D eigenvalue weighted by molar-refractivity contribution is 0.102. The zero-order chi connectivity index (χ0) is 13.1. The van der Waals surface area contributed by atoms with Crippen molar-refractivity contribution in [3.8, 4) is 0 Å². The minimum Gasteiger partial charge on any atom is -0.322 e. The van der Waals surface area contributed by atoms with Gasteiger partial charge in [-0.15, -0.1) is 11.3 Å². The van der Waals surface area contributed by atoms with Crippen LogP contribution >= 0.6 is 11.3 Å². The van der Waals surface area contributed by atoms with E-state index in [4.69, 9.17) is 5.73 Å². The van der Waals surface area contributed by atoms with Crippen LogP contribution in [0.3, 0.4) is 0 Å². The Labute approximate surface area is 109 Å². The first-order valence-corrected chi connectivity index (χ1v) is 6.39. The highest BCUT2D eigenvalue weighted by Crippen LogP contribution is 2.16. The molecule has 6 heteroatoms. The predicted molar refractivity (Wildman–Crippen MR) is 71.6 cm³/mol. The second kappa shape index (κ2) is 5.24. The number of anilines is 1. The topological polar surface area (TPSA) is 80.9 Å². The number of pyridine rings is 1. The van der Waals surface area contributed by atoms with Crippen molar-refractivity contribution in [2.75, 3.05) is 5.32 Å². The van der Waals surface area contributed by atoms with Gasteiger partial charge in [0.25, 0.3) is 5.91 Å². The molecule has 2 aromatic rings. The lowest BCUT2D eigenvalue weighted by Gasteiger charge is -2.02. The Morgan fingerprint density at radius 1 is 1.56 bits per heavy atom. The van der Waals surface area contributed by atoms with E-state index in [1.54, 1.807) is 17.6 Å². The maximum absolute atomic E-state index is 11.9. The fourth-order valence-electron chi connectivity index (χ4n) is 1.39. The Morgan fingerprint density at radius 3 is 2.94 bits per heavy atom. The molecule has 5 nitrogen and oxygen atoms in total. The van der Waals surface area contributed by atoms with Crippen molar-refractivity contribution in [3.05, 3.63) is 40.0 Å². The van der Waals surface area contributed by atoms with Gasteiger partial charge in [-0.1, -0.05) is 0 Å². The average molecular weight is 262 g/mol. The van der Waals surface area contributed by atoms with E-state index < -0.39 is 0 Å². The van der Waals surface area contributed by atoms with Crippen LogP contribution in [0.25, 0.3) is 0 Å². The van der Waals surface area contributed by atoms with Gasteiger partial charge in [-0.25, -0.2) is 9.97 Å². The van der Waals surface area contributed by atoms with E-state index in [2.05, 4.69) is 15.3 Å². The maximum Gasteiger partial charge on any atom is 0.276 e. The quantitative estimate of drug-likeness (QED) is 0.887. The molecule has 1 atom stereocenters. The molecule has 2 rings (SSSR count). The van der Waals surface area contributed by atoms with Gasteiger partial charge >= 0.3 is 0 Å². The molecule has 0 aromatic carbocycles. The number of nitrogens with one attached hydrogen (secondary N) is 1. The van der Waals surface area contributed by atoms with Crippen molar-refractivity contribution in [1.82, 2.24) is 9.97 Å². The summed E-state index contributed by atoms with van der Waals surface area (Å²) in [7, 11) is 0. The van der Waals surface area contributed by atoms with Gasteiger partial charge in [-0.2, -0.15) is 0 Å². The van der Waals surface area contributed by atoms with E-state index in [1.807, 2.05) is 19.9 Å². The molecule has 0 aliphatic carbocycles. The molecule has 18 heavy (non-hydrogen) atoms. The predicted octanol–water partition coefficient (Wildman–Crippen LogP) is 2.12. The van der Waals surface area contributed by atoms with Gasteiger partial charge in [0.2, 0.25) is 0 Å². The summed E-state index contributed by atoms with van der Waals surface area (Å²) in [6.07, 6.45) is 1.65. The highest BCUT2D eigenvalue weighted by Gasteiger charge is 2.13. The fourth-order valence-corrected chi connectivity index (χ4v) is 2.14. The number of carbonyl (C=O) groups excluding carboxylic acids is 1. The number of hydrogen-bond acceptors (Lipinski definition) is 5. The summed E-state index contributed by atoms with van der Waals surface area (Å²) in [6, 6.07) is 3.51. The van der Waals surface area contributed by atoms with Crippen molar-refractivity contribution >= 4 is 23.1 Å². The van der Waals surface area contributed by atoms with Gasteiger partial charge in [0, 0.05) is 11.6 Å². The molecule has 2 aromatic heterocycles. The summed E-state index contributed by atoms with van der Waals surface area (Å²) in [5.41, 5.74) is 7.11. The first-order chi connectivity index (χ1) is 8.56. The first-order valence-electron chi connectivity index (χ1n) is 5.51. The molecule has 0 saturated heterocycles. The molecule has 0 saturated carbocycles. The molecule has 94 valence electrons. The molecule has 0 fully saturated rings. The molecule has 0 spiro atoms. The van der Waals surface area contributed by atoms with E-state index in [9.17, 15) is 4.79 Å². The molecule has 3 N–H and O–H groups in total. The molecule has 0 aliphatic heterocycles. The van der Waals surface area contributed by atoms with Crippen LogP contribution in [-0.4, -0.2) is 15.9 Å². The zero-order valence-electron chi connectivity index (χ0n) is 10.2. The standard InChI is InChI=1S/C12H14N4OS/c1-7-3-4-14-10(5-7)16-11(17)9-6-18-12(15-9)8(2)13/h3-6,8H,13H2,1-2H3,(H,14,16,17). The number of hydrogen-bond donors (Lipinski definition) is 2. The van der Waals surface area contributed by atoms with Crippen molar-refractivity contribution in [2.24, 2.45) is 5.73 Å². The molecule has 1 amide bonds. The number of aryl methyl sites for hydroxylation is 1. The van der Waals surface area contributed by atoms with Gasteiger partial charge < -0.3 is 11.1 Å². The highest BCUT2D eigenvalue weighted by molar-refractivity contribution is 7.09. The van der Waals surface area contributed by atoms with Gasteiger partial charge in [0.1, 0.15) is 16.5 Å². The van der Waals surface area contributed by atoms with Gasteiger partial charge in [-0.3, -0.25) is 4.79 Å². The van der Waals surface area contributed by atoms with E-state index in [1.165, 1.54) is 11.3 Å². The molecule has 0 bridgehead atoms. The number of nitrogens with two attached hydrogens (primary N) is 1. The summed E-state index contributed by atoms with van der Waals surface area (Å²) in [4.78, 5) is 20.2. The van der Waals surface area contributed by atoms with Crippen LogP contribution in [0.5, 0.6) is 0 Å². The van der Waals surface area contributed by atoms with E-state index in [0.717, 1.165) is 10.6 Å². The number of thiazole rings is 1. The SMILES string of the molecule is Cc1ccnc(NC(=O)c2csc(C(C)N)n2)c1. The summed E-state index contributed by atoms with van der Waals surface area (Å²) in [5, 5.41) is 5.15. The third kappa shape index (κ3) is 2.91. The van der Waals surface area contributed by atoms with Crippen molar-refractivity contribution in [3.63, 3.8) is 0 Å². The van der Waals surface area contributed by atoms with Gasteiger partial charge in [0.05, 0.1) is 6.04 Å². The smallest absolute Gasteiger partial charge is 0.276 e. The van der Waals surface area contributed by atoms with Crippen LogP contribution in [-0.2, 0) is 0 Å². The summed E-state index contributed by atoms with van der Waals surface area (Å²) >= 11 is 1.38. The first kappa shape index (κ1) is 12.7. The van der Waals surface area contributed by atoms with Crippen LogP contribution < -0.4 is 11.1 Å². The van der Waals surface area contributed by atoms with E-state index >= 15 is 0 Å². The number of carbonyl (C=O) groups is 1. The zero-order valence-corrected chi connectivity index (χ0v) is 11.0. The number of aromatic nitrogens is 2. The highest BCUT2D eigenvalue weighted by atomic mass is 32.1. The van der Waals surface area contributed by atoms with Crippen molar-refractivity contribution < 1.29 is 4.79 Å². The van der Waals surface area contributed by atoms with Crippen LogP contribution in [0, 0.1) is 6.92 Å². The molecule has 0 radical (unpaired) electrons. The van der Waals surface area contributed by atoms with Crippen molar-refractivity contribution in [1.29, 1.82) is 0 Å². The van der Waals surface area contributed by atoms with Crippen LogP contribution in [0.4, 0.5) is 5.82 Å². The number of nitrogens with zero attached hydrogens (tertiary/aromatic N) is 2. The second-order valence-corrected chi connectivity index (χ2v) is 4.92. The lowest BCUT2D eigenvalue weighted by atomic mass is 10.3. The Bertz CT molecular complexity index is 565. The number of amides is 1. The van der Waals surface area contributed by atoms with Crippen LogP contribution in [0.2, 0.25) is 0 Å². The van der Waals surface area contributed by atoms with E-state index in [-0.39, 0.29) is 11.9 Å². The van der Waals surface area contributed by atoms with Gasteiger partial charge in [0.15, 0.2) is 0 Å². The third-order valence-electron chi connectivity index (χ3n) is 2.30. The Morgan fingerprint density at radius 2 is 2.33 bits per heavy atom. The van der Waals surface area contributed by atoms with Crippen molar-refractivity contribution in [2.45, 2.75) is 19.9 Å². The van der Waals surface area contributed by atoms with Crippen LogP contribution in [0.1, 0.15) is 34.0 Å². The monoisotopic (exact) mass is 262 g/mol. The normalized spacial score (nSPS) is 12.2. The van der Waals surface area contributed by atoms with Gasteiger partial charge in [-0.05, 0) is 31.5 Å². The fraction of sp³-hybridized carbons (Fsp3) is 0.250. The minimum atomic E-state index is -0.267. The molecule has 1 unspecified atom stereocenters.